The molecule has 0 saturated carbocycles. The van der Waals surface area contributed by atoms with Crippen molar-refractivity contribution in [1.82, 2.24) is 4.90 Å². The second-order valence-electron chi connectivity index (χ2n) is 7.48. The van der Waals surface area contributed by atoms with Crippen molar-refractivity contribution in [2.75, 3.05) is 0 Å². The molecule has 0 spiro atoms. The van der Waals surface area contributed by atoms with Crippen molar-refractivity contribution in [3.63, 3.8) is 0 Å². The molecule has 2 aliphatic rings. The molecule has 1 atom stereocenters. The Bertz CT molecular complexity index is 1130. The predicted octanol–water partition coefficient (Wildman–Crippen LogP) is 4.34. The maximum absolute atomic E-state index is 13.2. The van der Waals surface area contributed by atoms with Gasteiger partial charge in [0.05, 0.1) is 5.56 Å². The van der Waals surface area contributed by atoms with Crippen molar-refractivity contribution >= 4 is 24.0 Å². The highest BCUT2D eigenvalue weighted by Gasteiger charge is 2.46. The van der Waals surface area contributed by atoms with Crippen LogP contribution in [0.25, 0.3) is 0 Å². The zero-order chi connectivity index (χ0) is 22.2. The van der Waals surface area contributed by atoms with E-state index < -0.39 is 29.6 Å². The maximum atomic E-state index is 13.2. The van der Waals surface area contributed by atoms with E-state index in [0.29, 0.717) is 5.56 Å². The fourth-order valence-electron chi connectivity index (χ4n) is 3.58. The molecular formula is C23H19F3N3O2+. The van der Waals surface area contributed by atoms with E-state index in [1.165, 1.54) is 22.9 Å². The number of alkyl halides is 3. The Hall–Kier alpha value is -3.55. The number of halogens is 3. The van der Waals surface area contributed by atoms with Crippen LogP contribution in [0.1, 0.15) is 22.3 Å². The van der Waals surface area contributed by atoms with Gasteiger partial charge in [-0.25, -0.2) is 4.79 Å². The third kappa shape index (κ3) is 4.19. The zero-order valence-corrected chi connectivity index (χ0v) is 16.6. The first kappa shape index (κ1) is 20.7. The van der Waals surface area contributed by atoms with Gasteiger partial charge in [0.25, 0.3) is 5.84 Å². The summed E-state index contributed by atoms with van der Waals surface area (Å²) < 4.78 is 40.6. The van der Waals surface area contributed by atoms with Gasteiger partial charge < -0.3 is 0 Å². The number of fused-ring (bicyclic) bond motifs is 1. The molecule has 31 heavy (non-hydrogen) atoms. The SMILES string of the molecule is Cc1ccc(CN2C(=O)C3C=CC=NC3=[N+](Cc3cccc(C(F)(F)F)c3)C2=O)cc1. The summed E-state index contributed by atoms with van der Waals surface area (Å²) in [6, 6.07) is 11.6. The van der Waals surface area contributed by atoms with E-state index in [4.69, 9.17) is 0 Å². The summed E-state index contributed by atoms with van der Waals surface area (Å²) >= 11 is 0. The van der Waals surface area contributed by atoms with E-state index in [0.717, 1.165) is 28.2 Å². The third-order valence-corrected chi connectivity index (χ3v) is 5.20. The van der Waals surface area contributed by atoms with Gasteiger partial charge in [-0.05, 0) is 36.3 Å². The largest absolute Gasteiger partial charge is 0.446 e. The molecule has 2 aromatic carbocycles. The second kappa shape index (κ2) is 7.94. The van der Waals surface area contributed by atoms with Crippen molar-refractivity contribution < 1.29 is 27.3 Å². The Morgan fingerprint density at radius 3 is 2.52 bits per heavy atom. The predicted molar refractivity (Wildman–Crippen MR) is 109 cm³/mol. The normalized spacial score (nSPS) is 18.6. The molecule has 0 saturated heterocycles. The lowest BCUT2D eigenvalue weighted by Gasteiger charge is -2.27. The second-order valence-corrected chi connectivity index (χ2v) is 7.48. The molecule has 0 radical (unpaired) electrons. The molecule has 0 aliphatic carbocycles. The summed E-state index contributed by atoms with van der Waals surface area (Å²) in [5, 5.41) is 0. The minimum atomic E-state index is -4.49. The monoisotopic (exact) mass is 426 g/mol. The number of urea groups is 1. The number of carbonyl (C=O) groups is 2. The first-order valence-electron chi connectivity index (χ1n) is 9.66. The molecule has 3 amide bonds. The van der Waals surface area contributed by atoms with Crippen LogP contribution < -0.4 is 0 Å². The zero-order valence-electron chi connectivity index (χ0n) is 16.6. The first-order chi connectivity index (χ1) is 14.7. The van der Waals surface area contributed by atoms with Crippen molar-refractivity contribution in [3.05, 3.63) is 82.9 Å². The molecule has 5 nitrogen and oxygen atoms in total. The fraction of sp³-hybridized carbons (Fsp3) is 0.217. The number of rotatable bonds is 4. The number of dihydropyridines is 1. The van der Waals surface area contributed by atoms with Crippen LogP contribution in [0.5, 0.6) is 0 Å². The highest BCUT2D eigenvalue weighted by molar-refractivity contribution is 6.14. The summed E-state index contributed by atoms with van der Waals surface area (Å²) in [7, 11) is 0. The van der Waals surface area contributed by atoms with E-state index in [-0.39, 0.29) is 18.9 Å². The van der Waals surface area contributed by atoms with E-state index in [9.17, 15) is 22.8 Å². The molecule has 2 heterocycles. The van der Waals surface area contributed by atoms with Crippen LogP contribution in [0.2, 0.25) is 0 Å². The average Bonchev–Trinajstić information content (AvgIpc) is 2.75. The molecule has 4 rings (SSSR count). The number of amides is 3. The highest BCUT2D eigenvalue weighted by Crippen LogP contribution is 2.30. The third-order valence-electron chi connectivity index (χ3n) is 5.20. The quantitative estimate of drug-likeness (QED) is 0.683. The fourth-order valence-corrected chi connectivity index (χ4v) is 3.58. The van der Waals surface area contributed by atoms with Crippen molar-refractivity contribution in [3.8, 4) is 0 Å². The van der Waals surface area contributed by atoms with Crippen LogP contribution in [0, 0.1) is 12.8 Å². The molecule has 8 heteroatoms. The summed E-state index contributed by atoms with van der Waals surface area (Å²) in [5.74, 6) is -0.956. The van der Waals surface area contributed by atoms with Crippen LogP contribution >= 0.6 is 0 Å². The Balaban J connectivity index is 1.70. The summed E-state index contributed by atoms with van der Waals surface area (Å²) in [5.41, 5.74) is 1.32. The summed E-state index contributed by atoms with van der Waals surface area (Å²) in [6.07, 6.45) is 0.227. The average molecular weight is 426 g/mol. The van der Waals surface area contributed by atoms with Gasteiger partial charge in [-0.15, -0.1) is 4.99 Å². The molecule has 0 bridgehead atoms. The smallest absolute Gasteiger partial charge is 0.255 e. The number of amidine groups is 1. The van der Waals surface area contributed by atoms with Crippen molar-refractivity contribution in [2.45, 2.75) is 26.2 Å². The molecule has 2 aliphatic heterocycles. The summed E-state index contributed by atoms with van der Waals surface area (Å²) in [4.78, 5) is 31.6. The molecule has 158 valence electrons. The van der Waals surface area contributed by atoms with Gasteiger partial charge in [0, 0.05) is 0 Å². The lowest BCUT2D eigenvalue weighted by molar-refractivity contribution is -0.458. The van der Waals surface area contributed by atoms with Crippen molar-refractivity contribution in [2.24, 2.45) is 10.9 Å². The van der Waals surface area contributed by atoms with E-state index in [1.807, 2.05) is 31.2 Å². The van der Waals surface area contributed by atoms with Gasteiger partial charge in [0.15, 0.2) is 5.92 Å². The Morgan fingerprint density at radius 1 is 1.06 bits per heavy atom. The number of aryl methyl sites for hydroxylation is 1. The standard InChI is InChI=1S/C23H19F3N3O2/c1-15-7-9-16(10-8-15)13-29-21(30)19-6-3-11-27-20(19)28(22(29)31)14-17-4-2-5-18(12-17)23(24,25)26/h2-12,19H,13-14H2,1H3/q+1. The van der Waals surface area contributed by atoms with Gasteiger partial charge in [-0.3, -0.25) is 4.79 Å². The van der Waals surface area contributed by atoms with E-state index in [2.05, 4.69) is 4.99 Å². The van der Waals surface area contributed by atoms with Crippen LogP contribution in [0.15, 0.2) is 65.7 Å². The minimum Gasteiger partial charge on any atom is -0.255 e. The van der Waals surface area contributed by atoms with E-state index in [1.54, 1.807) is 12.2 Å². The van der Waals surface area contributed by atoms with Crippen molar-refractivity contribution in [1.29, 1.82) is 0 Å². The van der Waals surface area contributed by atoms with Crippen LogP contribution in [0.4, 0.5) is 18.0 Å². The number of hydrogen-bond acceptors (Lipinski definition) is 3. The van der Waals surface area contributed by atoms with Gasteiger partial charge in [0.2, 0.25) is 0 Å². The van der Waals surface area contributed by atoms with Gasteiger partial charge in [-0.2, -0.15) is 22.6 Å². The maximum Gasteiger partial charge on any atom is 0.446 e. The lowest BCUT2D eigenvalue weighted by Crippen LogP contribution is -2.53. The molecule has 1 unspecified atom stereocenters. The minimum absolute atomic E-state index is 0.0678. The van der Waals surface area contributed by atoms with E-state index >= 15 is 0 Å². The highest BCUT2D eigenvalue weighted by atomic mass is 19.4. The number of aliphatic imine (C=N–C) groups is 1. The number of nitrogens with zero attached hydrogens (tertiary/aromatic N) is 3. The number of allylic oxidation sites excluding steroid dienone is 1. The van der Waals surface area contributed by atoms with Gasteiger partial charge in [-0.1, -0.05) is 48.0 Å². The molecular weight excluding hydrogens is 407 g/mol. The number of imide groups is 1. The molecule has 0 N–H and O–H groups in total. The number of benzene rings is 2. The van der Waals surface area contributed by atoms with Gasteiger partial charge >= 0.3 is 18.1 Å². The number of carbonyl (C=O) groups excluding carboxylic acids is 2. The Kier molecular flexibility index (Phi) is 5.31. The Morgan fingerprint density at radius 2 is 1.81 bits per heavy atom. The topological polar surface area (TPSA) is 52.8 Å². The lowest BCUT2D eigenvalue weighted by atomic mass is 10.0. The number of hydrogen-bond donors (Lipinski definition) is 0. The van der Waals surface area contributed by atoms with Gasteiger partial charge in [0.1, 0.15) is 19.3 Å². The summed E-state index contributed by atoms with van der Waals surface area (Å²) in [6.45, 7) is 1.87. The molecule has 0 fully saturated rings. The van der Waals surface area contributed by atoms with Crippen LogP contribution in [-0.2, 0) is 24.1 Å². The van der Waals surface area contributed by atoms with Crippen LogP contribution in [0.3, 0.4) is 0 Å². The molecule has 2 aromatic rings. The molecule has 0 aromatic heterocycles. The first-order valence-corrected chi connectivity index (χ1v) is 9.66. The van der Waals surface area contributed by atoms with Crippen LogP contribution in [-0.4, -0.2) is 33.5 Å². The Labute approximate surface area is 176 Å².